The first kappa shape index (κ1) is 13.5. The Labute approximate surface area is 127 Å². The van der Waals surface area contributed by atoms with E-state index in [0.717, 1.165) is 35.8 Å². The molecule has 1 aliphatic rings. The van der Waals surface area contributed by atoms with E-state index >= 15 is 0 Å². The lowest BCUT2D eigenvalue weighted by atomic mass is 10.3. The van der Waals surface area contributed by atoms with Gasteiger partial charge in [0.2, 0.25) is 0 Å². The molecule has 0 unspecified atom stereocenters. The Bertz CT molecular complexity index is 633. The van der Waals surface area contributed by atoms with Gasteiger partial charge in [-0.05, 0) is 36.9 Å². The van der Waals surface area contributed by atoms with E-state index in [-0.39, 0.29) is 0 Å². The van der Waals surface area contributed by atoms with Crippen LogP contribution in [0.1, 0.15) is 5.56 Å². The largest absolute Gasteiger partial charge is 0.497 e. The monoisotopic (exact) mass is 307 g/mol. The molecule has 2 aromatic rings. The maximum Gasteiger partial charge on any atom is 0.190 e. The highest BCUT2D eigenvalue weighted by molar-refractivity contribution is 7.98. The number of anilines is 2. The summed E-state index contributed by atoms with van der Waals surface area (Å²) < 4.78 is 5.19. The molecular formula is C14H14ClN3OS. The van der Waals surface area contributed by atoms with Gasteiger partial charge in [-0.2, -0.15) is 0 Å². The average Bonchev–Trinajstić information content (AvgIpc) is 2.91. The van der Waals surface area contributed by atoms with Crippen molar-refractivity contribution in [3.8, 4) is 5.75 Å². The highest BCUT2D eigenvalue weighted by atomic mass is 35.5. The predicted molar refractivity (Wildman–Crippen MR) is 82.5 cm³/mol. The Morgan fingerprint density at radius 2 is 2.00 bits per heavy atom. The van der Waals surface area contributed by atoms with Gasteiger partial charge in [-0.15, -0.1) is 0 Å². The molecule has 0 fully saturated rings. The van der Waals surface area contributed by atoms with E-state index in [0.29, 0.717) is 10.3 Å². The number of hydrogen-bond acceptors (Lipinski definition) is 5. The van der Waals surface area contributed by atoms with Crippen molar-refractivity contribution < 1.29 is 4.74 Å². The molecule has 1 aromatic heterocycles. The fourth-order valence-corrected chi connectivity index (χ4v) is 2.97. The third kappa shape index (κ3) is 2.31. The highest BCUT2D eigenvalue weighted by Gasteiger charge is 2.26. The number of aromatic nitrogens is 2. The zero-order valence-electron chi connectivity index (χ0n) is 11.3. The maximum atomic E-state index is 6.24. The summed E-state index contributed by atoms with van der Waals surface area (Å²) >= 11 is 7.74. The Kier molecular flexibility index (Phi) is 3.72. The number of benzene rings is 1. The van der Waals surface area contributed by atoms with Crippen molar-refractivity contribution in [3.63, 3.8) is 0 Å². The molecular weight excluding hydrogens is 294 g/mol. The average molecular weight is 308 g/mol. The Morgan fingerprint density at radius 1 is 1.25 bits per heavy atom. The van der Waals surface area contributed by atoms with Crippen LogP contribution in [0, 0.1) is 0 Å². The van der Waals surface area contributed by atoms with Crippen LogP contribution >= 0.6 is 23.4 Å². The summed E-state index contributed by atoms with van der Waals surface area (Å²) in [4.78, 5) is 11.1. The quantitative estimate of drug-likeness (QED) is 0.492. The summed E-state index contributed by atoms with van der Waals surface area (Å²) in [6, 6.07) is 7.96. The molecule has 0 bridgehead atoms. The maximum absolute atomic E-state index is 6.24. The number of ether oxygens (including phenoxy) is 1. The molecule has 20 heavy (non-hydrogen) atoms. The van der Waals surface area contributed by atoms with E-state index in [4.69, 9.17) is 16.3 Å². The molecule has 6 heteroatoms. The van der Waals surface area contributed by atoms with Gasteiger partial charge in [0.15, 0.2) is 5.16 Å². The van der Waals surface area contributed by atoms with Crippen LogP contribution in [0.3, 0.4) is 0 Å². The zero-order chi connectivity index (χ0) is 14.1. The van der Waals surface area contributed by atoms with Crippen molar-refractivity contribution in [1.29, 1.82) is 0 Å². The van der Waals surface area contributed by atoms with Gasteiger partial charge in [-0.3, -0.25) is 0 Å². The summed E-state index contributed by atoms with van der Waals surface area (Å²) in [6.45, 7) is 0.869. The van der Waals surface area contributed by atoms with Crippen molar-refractivity contribution in [2.45, 2.75) is 11.6 Å². The Balaban J connectivity index is 2.00. The summed E-state index contributed by atoms with van der Waals surface area (Å²) in [5.74, 6) is 1.76. The second-order valence-corrected chi connectivity index (χ2v) is 5.53. The molecule has 104 valence electrons. The lowest BCUT2D eigenvalue weighted by molar-refractivity contribution is 0.415. The molecule has 0 atom stereocenters. The van der Waals surface area contributed by atoms with Crippen molar-refractivity contribution >= 4 is 34.9 Å². The molecule has 0 radical (unpaired) electrons. The lowest BCUT2D eigenvalue weighted by Crippen LogP contribution is -2.14. The first-order valence-electron chi connectivity index (χ1n) is 6.25. The first-order valence-corrected chi connectivity index (χ1v) is 7.85. The highest BCUT2D eigenvalue weighted by Crippen LogP contribution is 2.37. The second-order valence-electron chi connectivity index (χ2n) is 4.40. The number of hydrogen-bond donors (Lipinski definition) is 0. The topological polar surface area (TPSA) is 38.2 Å². The third-order valence-corrected chi connectivity index (χ3v) is 4.18. The number of fused-ring (bicyclic) bond motifs is 1. The fraction of sp³-hybridized carbons (Fsp3) is 0.286. The van der Waals surface area contributed by atoms with Crippen LogP contribution in [0.5, 0.6) is 5.75 Å². The van der Waals surface area contributed by atoms with Gasteiger partial charge in [0.05, 0.1) is 7.11 Å². The minimum atomic E-state index is 0.565. The predicted octanol–water partition coefficient (Wildman–Crippen LogP) is 3.55. The van der Waals surface area contributed by atoms with Gasteiger partial charge in [-0.25, -0.2) is 9.97 Å². The van der Waals surface area contributed by atoms with Crippen molar-refractivity contribution in [2.24, 2.45) is 0 Å². The molecule has 0 N–H and O–H groups in total. The molecule has 0 saturated heterocycles. The number of nitrogens with zero attached hydrogens (tertiary/aromatic N) is 3. The van der Waals surface area contributed by atoms with Crippen molar-refractivity contribution in [2.75, 3.05) is 24.8 Å². The number of rotatable bonds is 3. The van der Waals surface area contributed by atoms with Gasteiger partial charge in [0.1, 0.15) is 16.7 Å². The molecule has 0 aliphatic carbocycles. The summed E-state index contributed by atoms with van der Waals surface area (Å²) in [6.07, 6.45) is 2.82. The zero-order valence-corrected chi connectivity index (χ0v) is 12.8. The smallest absolute Gasteiger partial charge is 0.190 e. The number of thioether (sulfide) groups is 1. The molecule has 0 saturated carbocycles. The fourth-order valence-electron chi connectivity index (χ4n) is 2.30. The van der Waals surface area contributed by atoms with Crippen LogP contribution in [0.25, 0.3) is 0 Å². The molecule has 2 heterocycles. The van der Waals surface area contributed by atoms with E-state index < -0.39 is 0 Å². The summed E-state index contributed by atoms with van der Waals surface area (Å²) in [5.41, 5.74) is 2.12. The van der Waals surface area contributed by atoms with E-state index in [1.54, 1.807) is 7.11 Å². The van der Waals surface area contributed by atoms with E-state index in [1.165, 1.54) is 11.8 Å². The minimum Gasteiger partial charge on any atom is -0.497 e. The number of halogens is 1. The molecule has 0 spiro atoms. The molecule has 4 nitrogen and oxygen atoms in total. The van der Waals surface area contributed by atoms with Crippen LogP contribution in [0.4, 0.5) is 11.5 Å². The van der Waals surface area contributed by atoms with Crippen LogP contribution in [0.2, 0.25) is 5.15 Å². The van der Waals surface area contributed by atoms with Crippen LogP contribution in [-0.4, -0.2) is 29.9 Å². The van der Waals surface area contributed by atoms with Gasteiger partial charge < -0.3 is 9.64 Å². The van der Waals surface area contributed by atoms with Crippen LogP contribution in [0.15, 0.2) is 29.4 Å². The molecule has 3 rings (SSSR count). The standard InChI is InChI=1S/C14H14ClN3OS/c1-19-10-5-3-9(4-6-10)18-8-7-11-12(15)16-14(20-2)17-13(11)18/h3-6H,7-8H2,1-2H3. The van der Waals surface area contributed by atoms with Gasteiger partial charge in [-0.1, -0.05) is 23.4 Å². The summed E-state index contributed by atoms with van der Waals surface area (Å²) in [5, 5.41) is 1.27. The molecule has 1 aromatic carbocycles. The van der Waals surface area contributed by atoms with Crippen LogP contribution in [-0.2, 0) is 6.42 Å². The number of methoxy groups -OCH3 is 1. The Morgan fingerprint density at radius 3 is 2.65 bits per heavy atom. The Hall–Kier alpha value is -1.46. The summed E-state index contributed by atoms with van der Waals surface area (Å²) in [7, 11) is 1.66. The van der Waals surface area contributed by atoms with E-state index in [2.05, 4.69) is 14.9 Å². The van der Waals surface area contributed by atoms with E-state index in [1.807, 2.05) is 30.5 Å². The second kappa shape index (κ2) is 5.50. The minimum absolute atomic E-state index is 0.565. The van der Waals surface area contributed by atoms with Gasteiger partial charge in [0.25, 0.3) is 0 Å². The molecule has 0 amide bonds. The molecule has 1 aliphatic heterocycles. The lowest BCUT2D eigenvalue weighted by Gasteiger charge is -2.19. The van der Waals surface area contributed by atoms with E-state index in [9.17, 15) is 0 Å². The third-order valence-electron chi connectivity index (χ3n) is 3.32. The van der Waals surface area contributed by atoms with Crippen LogP contribution < -0.4 is 9.64 Å². The van der Waals surface area contributed by atoms with Crippen molar-refractivity contribution in [1.82, 2.24) is 9.97 Å². The van der Waals surface area contributed by atoms with Crippen molar-refractivity contribution in [3.05, 3.63) is 35.0 Å². The van der Waals surface area contributed by atoms with Gasteiger partial charge >= 0.3 is 0 Å². The SMILES string of the molecule is COc1ccc(N2CCc3c(Cl)nc(SC)nc32)cc1. The normalized spacial score (nSPS) is 13.4. The first-order chi connectivity index (χ1) is 9.72. The van der Waals surface area contributed by atoms with Gasteiger partial charge in [0, 0.05) is 17.8 Å².